The lowest BCUT2D eigenvalue weighted by Gasteiger charge is -2.40. The van der Waals surface area contributed by atoms with Crippen LogP contribution in [-0.4, -0.2) is 81.9 Å². The highest BCUT2D eigenvalue weighted by atomic mass is 35.5. The zero-order valence-corrected chi connectivity index (χ0v) is 18.6. The van der Waals surface area contributed by atoms with Crippen molar-refractivity contribution in [2.24, 2.45) is 0 Å². The van der Waals surface area contributed by atoms with Crippen LogP contribution in [-0.2, 0) is 16.0 Å². The van der Waals surface area contributed by atoms with Crippen molar-refractivity contribution in [3.63, 3.8) is 0 Å². The maximum absolute atomic E-state index is 12.2. The summed E-state index contributed by atoms with van der Waals surface area (Å²) < 4.78 is 5.64. The maximum Gasteiger partial charge on any atom is 0.331 e. The Bertz CT molecular complexity index is 1050. The molecule has 2 aromatic rings. The van der Waals surface area contributed by atoms with Crippen molar-refractivity contribution in [1.82, 2.24) is 4.90 Å². The SMILES string of the molecule is CN1C(=O)CN(c2ccc(Cc3cc([C@@H]4O[C@H](CO)[C@@H](O)[C@H](O)[C@@H]4O)ccc3Cl)cc2)C1=O. The molecule has 0 aliphatic carbocycles. The zero-order chi connectivity index (χ0) is 23.9. The quantitative estimate of drug-likeness (QED) is 0.470. The van der Waals surface area contributed by atoms with Crippen LogP contribution in [0.5, 0.6) is 0 Å². The lowest BCUT2D eigenvalue weighted by molar-refractivity contribution is -0.231. The van der Waals surface area contributed by atoms with Crippen LogP contribution in [0.2, 0.25) is 5.02 Å². The molecule has 2 fully saturated rings. The van der Waals surface area contributed by atoms with Crippen LogP contribution in [0.1, 0.15) is 22.8 Å². The van der Waals surface area contributed by atoms with Gasteiger partial charge in [0.05, 0.1) is 6.61 Å². The van der Waals surface area contributed by atoms with Crippen LogP contribution in [0.25, 0.3) is 0 Å². The van der Waals surface area contributed by atoms with Crippen molar-refractivity contribution >= 4 is 29.2 Å². The number of nitrogens with zero attached hydrogens (tertiary/aromatic N) is 2. The molecule has 2 heterocycles. The Morgan fingerprint density at radius 1 is 1.03 bits per heavy atom. The number of hydrogen-bond donors (Lipinski definition) is 4. The first-order chi connectivity index (χ1) is 15.7. The summed E-state index contributed by atoms with van der Waals surface area (Å²) in [6.45, 7) is -0.503. The lowest BCUT2D eigenvalue weighted by atomic mass is 9.90. The Hall–Kier alpha value is -2.53. The fraction of sp³-hybridized carbons (Fsp3) is 0.391. The highest BCUT2D eigenvalue weighted by Crippen LogP contribution is 2.34. The van der Waals surface area contributed by atoms with E-state index in [4.69, 9.17) is 16.3 Å². The molecule has 33 heavy (non-hydrogen) atoms. The molecule has 0 saturated carbocycles. The van der Waals surface area contributed by atoms with Crippen LogP contribution in [0.4, 0.5) is 10.5 Å². The summed E-state index contributed by atoms with van der Waals surface area (Å²) in [4.78, 5) is 26.4. The molecular weight excluding hydrogens is 452 g/mol. The molecule has 2 aliphatic heterocycles. The van der Waals surface area contributed by atoms with Crippen LogP contribution >= 0.6 is 11.6 Å². The van der Waals surface area contributed by atoms with Gasteiger partial charge in [-0.05, 0) is 41.3 Å². The van der Waals surface area contributed by atoms with Crippen LogP contribution < -0.4 is 4.90 Å². The van der Waals surface area contributed by atoms with Gasteiger partial charge in [0.15, 0.2) is 0 Å². The Labute approximate surface area is 195 Å². The topological polar surface area (TPSA) is 131 Å². The number of halogens is 1. The van der Waals surface area contributed by atoms with Gasteiger partial charge >= 0.3 is 6.03 Å². The summed E-state index contributed by atoms with van der Waals surface area (Å²) in [5, 5.41) is 40.4. The summed E-state index contributed by atoms with van der Waals surface area (Å²) in [6, 6.07) is 11.9. The molecule has 10 heteroatoms. The van der Waals surface area contributed by atoms with Gasteiger partial charge in [-0.1, -0.05) is 35.9 Å². The maximum atomic E-state index is 12.2. The van der Waals surface area contributed by atoms with E-state index in [0.29, 0.717) is 22.7 Å². The number of imide groups is 1. The summed E-state index contributed by atoms with van der Waals surface area (Å²) >= 11 is 6.39. The van der Waals surface area contributed by atoms with Crippen molar-refractivity contribution in [2.75, 3.05) is 25.1 Å². The average Bonchev–Trinajstić information content (AvgIpc) is 3.07. The molecule has 2 aliphatic rings. The summed E-state index contributed by atoms with van der Waals surface area (Å²) in [5.74, 6) is -0.263. The number of aliphatic hydroxyl groups excluding tert-OH is 4. The van der Waals surface area contributed by atoms with E-state index in [2.05, 4.69) is 0 Å². The van der Waals surface area contributed by atoms with Crippen molar-refractivity contribution in [1.29, 1.82) is 0 Å². The largest absolute Gasteiger partial charge is 0.394 e. The fourth-order valence-corrected chi connectivity index (χ4v) is 4.28. The second kappa shape index (κ2) is 9.38. The zero-order valence-electron chi connectivity index (χ0n) is 17.8. The molecule has 0 aromatic heterocycles. The van der Waals surface area contributed by atoms with Crippen LogP contribution in [0.15, 0.2) is 42.5 Å². The first kappa shape index (κ1) is 23.6. The molecule has 4 N–H and O–H groups in total. The predicted molar refractivity (Wildman–Crippen MR) is 119 cm³/mol. The van der Waals surface area contributed by atoms with E-state index in [1.807, 2.05) is 12.1 Å². The van der Waals surface area contributed by atoms with Crippen molar-refractivity contribution < 1.29 is 34.8 Å². The van der Waals surface area contributed by atoms with Gasteiger partial charge < -0.3 is 25.2 Å². The minimum atomic E-state index is -1.47. The minimum Gasteiger partial charge on any atom is -0.394 e. The van der Waals surface area contributed by atoms with Gasteiger partial charge in [0.25, 0.3) is 0 Å². The van der Waals surface area contributed by atoms with Gasteiger partial charge in [-0.2, -0.15) is 0 Å². The second-order valence-electron chi connectivity index (χ2n) is 8.27. The molecule has 0 bridgehead atoms. The standard InChI is InChI=1S/C23H25ClN2O7/c1-25-18(28)10-26(23(25)32)15-5-2-12(3-6-15)8-14-9-13(4-7-16(14)24)22-21(31)20(30)19(29)17(11-27)33-22/h2-7,9,17,19-22,27,29-31H,8,10-11H2,1H3/t17-,19-,20+,21+,22+/m1/s1. The van der Waals surface area contributed by atoms with Gasteiger partial charge in [0.2, 0.25) is 5.91 Å². The van der Waals surface area contributed by atoms with Gasteiger partial charge in [-0.3, -0.25) is 14.6 Å². The van der Waals surface area contributed by atoms with Crippen molar-refractivity contribution in [2.45, 2.75) is 36.9 Å². The molecule has 0 unspecified atom stereocenters. The second-order valence-corrected chi connectivity index (χ2v) is 8.67. The number of likely N-dealkylation sites (N-methyl/N-ethyl adjacent to an activating group) is 1. The predicted octanol–water partition coefficient (Wildman–Crippen LogP) is 0.844. The molecule has 5 atom stereocenters. The number of hydrogen-bond acceptors (Lipinski definition) is 7. The number of urea groups is 1. The number of carbonyl (C=O) groups is 2. The van der Waals surface area contributed by atoms with Crippen LogP contribution in [0, 0.1) is 0 Å². The van der Waals surface area contributed by atoms with Crippen LogP contribution in [0.3, 0.4) is 0 Å². The molecule has 4 rings (SSSR count). The lowest BCUT2D eigenvalue weighted by Crippen LogP contribution is -2.55. The van der Waals surface area contributed by atoms with Gasteiger partial charge in [0.1, 0.15) is 37.1 Å². The molecular formula is C23H25ClN2O7. The number of amides is 3. The Balaban J connectivity index is 1.53. The van der Waals surface area contributed by atoms with E-state index in [9.17, 15) is 30.0 Å². The van der Waals surface area contributed by atoms with Gasteiger partial charge in [-0.25, -0.2) is 4.79 Å². The first-order valence-corrected chi connectivity index (χ1v) is 10.8. The smallest absolute Gasteiger partial charge is 0.331 e. The number of anilines is 1. The Kier molecular flexibility index (Phi) is 6.71. The third-order valence-corrected chi connectivity index (χ3v) is 6.49. The number of benzene rings is 2. The molecule has 176 valence electrons. The van der Waals surface area contributed by atoms with E-state index < -0.39 is 37.1 Å². The highest BCUT2D eigenvalue weighted by molar-refractivity contribution is 6.31. The van der Waals surface area contributed by atoms with E-state index >= 15 is 0 Å². The fourth-order valence-electron chi connectivity index (χ4n) is 4.10. The van der Waals surface area contributed by atoms with E-state index in [1.165, 1.54) is 11.9 Å². The molecule has 3 amide bonds. The van der Waals surface area contributed by atoms with E-state index in [1.54, 1.807) is 30.3 Å². The Morgan fingerprint density at radius 2 is 1.73 bits per heavy atom. The summed E-state index contributed by atoms with van der Waals surface area (Å²) in [5.41, 5.74) is 2.80. The number of aliphatic hydroxyl groups is 4. The molecule has 9 nitrogen and oxygen atoms in total. The average molecular weight is 477 g/mol. The number of rotatable bonds is 5. The molecule has 2 saturated heterocycles. The van der Waals surface area contributed by atoms with E-state index in [0.717, 1.165) is 16.0 Å². The van der Waals surface area contributed by atoms with E-state index in [-0.39, 0.29) is 18.5 Å². The monoisotopic (exact) mass is 476 g/mol. The minimum absolute atomic E-state index is 0.00164. The number of ether oxygens (including phenoxy) is 1. The van der Waals surface area contributed by atoms with Gasteiger partial charge in [0, 0.05) is 17.8 Å². The third kappa shape index (κ3) is 4.48. The molecule has 2 aromatic carbocycles. The molecule has 0 radical (unpaired) electrons. The van der Waals surface area contributed by atoms with Crippen molar-refractivity contribution in [3.8, 4) is 0 Å². The normalized spacial score (nSPS) is 28.0. The number of carbonyl (C=O) groups excluding carboxylic acids is 2. The third-order valence-electron chi connectivity index (χ3n) is 6.12. The van der Waals surface area contributed by atoms with Gasteiger partial charge in [-0.15, -0.1) is 0 Å². The van der Waals surface area contributed by atoms with Crippen molar-refractivity contribution in [3.05, 3.63) is 64.2 Å². The highest BCUT2D eigenvalue weighted by Gasteiger charge is 2.44. The summed E-state index contributed by atoms with van der Waals surface area (Å²) in [6.07, 6.45) is -5.78. The first-order valence-electron chi connectivity index (χ1n) is 10.5. The molecule has 0 spiro atoms. The Morgan fingerprint density at radius 3 is 2.33 bits per heavy atom. The summed E-state index contributed by atoms with van der Waals surface area (Å²) in [7, 11) is 1.45.